The van der Waals surface area contributed by atoms with Gasteiger partial charge in [-0.15, -0.1) is 0 Å². The summed E-state index contributed by atoms with van der Waals surface area (Å²) in [5, 5.41) is 3.14. The first-order chi connectivity index (χ1) is 19.6. The number of aryl methyl sites for hydroxylation is 3. The van der Waals surface area contributed by atoms with Crippen LogP contribution in [-0.2, 0) is 26.2 Å². The summed E-state index contributed by atoms with van der Waals surface area (Å²) in [4.78, 5) is 29.2. The molecule has 0 aliphatic heterocycles. The Morgan fingerprint density at radius 2 is 1.44 bits per heavy atom. The molecule has 8 heteroatoms. The summed E-state index contributed by atoms with van der Waals surface area (Å²) in [7, 11) is -4.08. The molecule has 41 heavy (non-hydrogen) atoms. The Balaban J connectivity index is 1.68. The van der Waals surface area contributed by atoms with Gasteiger partial charge in [0.1, 0.15) is 12.6 Å². The molecule has 1 atom stereocenters. The van der Waals surface area contributed by atoms with Gasteiger partial charge in [0, 0.05) is 12.6 Å². The fourth-order valence-corrected chi connectivity index (χ4v) is 6.61. The Kier molecular flexibility index (Phi) is 9.86. The van der Waals surface area contributed by atoms with Crippen molar-refractivity contribution in [3.8, 4) is 0 Å². The van der Waals surface area contributed by atoms with Crippen molar-refractivity contribution in [2.75, 3.05) is 10.8 Å². The zero-order valence-electron chi connectivity index (χ0n) is 24.5. The molecule has 1 saturated carbocycles. The first-order valence-electron chi connectivity index (χ1n) is 14.4. The Morgan fingerprint density at radius 3 is 2.05 bits per heavy atom. The molecule has 0 radical (unpaired) electrons. The van der Waals surface area contributed by atoms with Crippen LogP contribution in [0.2, 0.25) is 0 Å². The van der Waals surface area contributed by atoms with Gasteiger partial charge >= 0.3 is 0 Å². The number of rotatable bonds is 10. The van der Waals surface area contributed by atoms with Crippen molar-refractivity contribution < 1.29 is 18.0 Å². The van der Waals surface area contributed by atoms with E-state index in [0.29, 0.717) is 5.69 Å². The Hall–Kier alpha value is -3.65. The summed E-state index contributed by atoms with van der Waals surface area (Å²) in [5.74, 6) is -0.669. The molecule has 1 N–H and O–H groups in total. The SMILES string of the molecule is Cc1ccc(N(CC(=O)N(Cc2ccccc2C)C(C)C(=O)NC2CCCCC2)S(=O)(=O)c2ccc(C)cc2)cc1. The summed E-state index contributed by atoms with van der Waals surface area (Å²) in [6.07, 6.45) is 5.19. The number of hydrogen-bond donors (Lipinski definition) is 1. The molecular formula is C33H41N3O4S. The van der Waals surface area contributed by atoms with Crippen molar-refractivity contribution in [3.63, 3.8) is 0 Å². The van der Waals surface area contributed by atoms with E-state index in [0.717, 1.165) is 52.2 Å². The molecule has 1 unspecified atom stereocenters. The van der Waals surface area contributed by atoms with Crippen LogP contribution in [0.15, 0.2) is 77.7 Å². The molecule has 0 saturated heterocycles. The third kappa shape index (κ3) is 7.55. The van der Waals surface area contributed by atoms with Crippen LogP contribution in [0.25, 0.3) is 0 Å². The van der Waals surface area contributed by atoms with E-state index in [2.05, 4.69) is 5.32 Å². The summed E-state index contributed by atoms with van der Waals surface area (Å²) in [6, 6.07) is 20.7. The minimum Gasteiger partial charge on any atom is -0.352 e. The molecule has 218 valence electrons. The Morgan fingerprint density at radius 1 is 0.854 bits per heavy atom. The highest BCUT2D eigenvalue weighted by Crippen LogP contribution is 2.26. The van der Waals surface area contributed by atoms with E-state index >= 15 is 0 Å². The lowest BCUT2D eigenvalue weighted by atomic mass is 9.95. The first-order valence-corrected chi connectivity index (χ1v) is 15.8. The highest BCUT2D eigenvalue weighted by molar-refractivity contribution is 7.92. The predicted octanol–water partition coefficient (Wildman–Crippen LogP) is 5.67. The van der Waals surface area contributed by atoms with Crippen LogP contribution >= 0.6 is 0 Å². The predicted molar refractivity (Wildman–Crippen MR) is 163 cm³/mol. The van der Waals surface area contributed by atoms with E-state index in [1.807, 2.05) is 57.2 Å². The van der Waals surface area contributed by atoms with E-state index < -0.39 is 28.5 Å². The molecule has 0 bridgehead atoms. The molecule has 4 rings (SSSR count). The number of anilines is 1. The molecule has 3 aromatic carbocycles. The second-order valence-corrected chi connectivity index (χ2v) is 13.0. The van der Waals surface area contributed by atoms with E-state index in [-0.39, 0.29) is 23.4 Å². The maximum atomic E-state index is 14.1. The van der Waals surface area contributed by atoms with Crippen molar-refractivity contribution in [2.24, 2.45) is 0 Å². The average molecular weight is 576 g/mol. The lowest BCUT2D eigenvalue weighted by Gasteiger charge is -2.33. The fourth-order valence-electron chi connectivity index (χ4n) is 5.20. The Labute approximate surface area is 244 Å². The molecule has 3 aromatic rings. The van der Waals surface area contributed by atoms with Gasteiger partial charge in [-0.2, -0.15) is 0 Å². The number of sulfonamides is 1. The lowest BCUT2D eigenvalue weighted by molar-refractivity contribution is -0.139. The van der Waals surface area contributed by atoms with Gasteiger partial charge in [0.05, 0.1) is 10.6 Å². The number of benzene rings is 3. The largest absolute Gasteiger partial charge is 0.352 e. The number of hydrogen-bond acceptors (Lipinski definition) is 4. The van der Waals surface area contributed by atoms with Gasteiger partial charge in [-0.25, -0.2) is 8.42 Å². The van der Waals surface area contributed by atoms with Crippen molar-refractivity contribution in [1.29, 1.82) is 0 Å². The Bertz CT molecular complexity index is 1450. The van der Waals surface area contributed by atoms with Crippen molar-refractivity contribution in [2.45, 2.75) is 83.3 Å². The maximum Gasteiger partial charge on any atom is 0.264 e. The number of amides is 2. The number of carbonyl (C=O) groups is 2. The second-order valence-electron chi connectivity index (χ2n) is 11.1. The lowest BCUT2D eigenvalue weighted by Crippen LogP contribution is -2.53. The number of nitrogens with one attached hydrogen (secondary N) is 1. The van der Waals surface area contributed by atoms with Crippen LogP contribution in [0.4, 0.5) is 5.69 Å². The normalized spacial score (nSPS) is 14.7. The van der Waals surface area contributed by atoms with Gasteiger partial charge in [0.2, 0.25) is 11.8 Å². The monoisotopic (exact) mass is 575 g/mol. The summed E-state index contributed by atoms with van der Waals surface area (Å²) in [6.45, 7) is 7.25. The zero-order valence-corrected chi connectivity index (χ0v) is 25.3. The third-order valence-electron chi connectivity index (χ3n) is 7.93. The average Bonchev–Trinajstić information content (AvgIpc) is 2.96. The van der Waals surface area contributed by atoms with Crippen LogP contribution in [0, 0.1) is 20.8 Å². The minimum absolute atomic E-state index is 0.0973. The second kappa shape index (κ2) is 13.3. The highest BCUT2D eigenvalue weighted by Gasteiger charge is 2.33. The topological polar surface area (TPSA) is 86.8 Å². The van der Waals surface area contributed by atoms with Gasteiger partial charge in [-0.05, 0) is 75.9 Å². The van der Waals surface area contributed by atoms with Gasteiger partial charge in [-0.1, -0.05) is 78.9 Å². The highest BCUT2D eigenvalue weighted by atomic mass is 32.2. The van der Waals surface area contributed by atoms with E-state index in [1.54, 1.807) is 43.3 Å². The van der Waals surface area contributed by atoms with Crippen LogP contribution in [0.1, 0.15) is 61.3 Å². The van der Waals surface area contributed by atoms with Gasteiger partial charge in [0.25, 0.3) is 10.0 Å². The van der Waals surface area contributed by atoms with Gasteiger partial charge in [-0.3, -0.25) is 13.9 Å². The molecule has 0 spiro atoms. The molecule has 7 nitrogen and oxygen atoms in total. The molecule has 2 amide bonds. The smallest absolute Gasteiger partial charge is 0.264 e. The van der Waals surface area contributed by atoms with E-state index in [9.17, 15) is 18.0 Å². The first kappa shape index (κ1) is 30.3. The van der Waals surface area contributed by atoms with Gasteiger partial charge in [0.15, 0.2) is 0 Å². The quantitative estimate of drug-likeness (QED) is 0.337. The summed E-state index contributed by atoms with van der Waals surface area (Å²) >= 11 is 0. The van der Waals surface area contributed by atoms with Crippen molar-refractivity contribution in [1.82, 2.24) is 10.2 Å². The third-order valence-corrected chi connectivity index (χ3v) is 9.72. The fraction of sp³-hybridized carbons (Fsp3) is 0.394. The zero-order chi connectivity index (χ0) is 29.6. The standard InChI is InChI=1S/C33H41N3O4S/c1-24-14-18-30(19-15-24)36(41(39,40)31-20-16-25(2)17-21-31)23-32(37)35(22-28-11-9-8-10-26(28)3)27(4)33(38)34-29-12-6-5-7-13-29/h8-11,14-21,27,29H,5-7,12-13,22-23H2,1-4H3,(H,34,38). The number of carbonyl (C=O) groups excluding carboxylic acids is 2. The summed E-state index contributed by atoms with van der Waals surface area (Å²) in [5.41, 5.74) is 4.19. The van der Waals surface area contributed by atoms with E-state index in [1.165, 1.54) is 11.3 Å². The minimum atomic E-state index is -4.08. The van der Waals surface area contributed by atoms with E-state index in [4.69, 9.17) is 0 Å². The van der Waals surface area contributed by atoms with Crippen LogP contribution < -0.4 is 9.62 Å². The van der Waals surface area contributed by atoms with Crippen molar-refractivity contribution >= 4 is 27.5 Å². The molecular weight excluding hydrogens is 534 g/mol. The molecule has 1 fully saturated rings. The number of nitrogens with zero attached hydrogens (tertiary/aromatic N) is 2. The van der Waals surface area contributed by atoms with Crippen LogP contribution in [0.5, 0.6) is 0 Å². The van der Waals surface area contributed by atoms with Crippen molar-refractivity contribution in [3.05, 3.63) is 95.1 Å². The molecule has 0 aromatic heterocycles. The van der Waals surface area contributed by atoms with Crippen LogP contribution in [0.3, 0.4) is 0 Å². The molecule has 1 aliphatic carbocycles. The van der Waals surface area contributed by atoms with Crippen LogP contribution in [-0.4, -0.2) is 43.8 Å². The van der Waals surface area contributed by atoms with Gasteiger partial charge < -0.3 is 10.2 Å². The maximum absolute atomic E-state index is 14.1. The molecule has 0 heterocycles. The molecule has 1 aliphatic rings. The summed E-state index contributed by atoms with van der Waals surface area (Å²) < 4.78 is 29.0.